The smallest absolute Gasteiger partial charge is 0.310 e. The number of allylic oxidation sites excluding steroid dienone is 1. The van der Waals surface area contributed by atoms with E-state index in [0.717, 1.165) is 38.9 Å². The zero-order chi connectivity index (χ0) is 18.6. The monoisotopic (exact) mass is 365 g/mol. The van der Waals surface area contributed by atoms with Crippen molar-refractivity contribution in [2.75, 3.05) is 13.1 Å². The van der Waals surface area contributed by atoms with E-state index >= 15 is 0 Å². The molecule has 0 bridgehead atoms. The van der Waals surface area contributed by atoms with E-state index in [0.29, 0.717) is 11.8 Å². The number of carbonyl (C=O) groups is 1. The molecule has 0 radical (unpaired) electrons. The van der Waals surface area contributed by atoms with E-state index < -0.39 is 0 Å². The Bertz CT molecular complexity index is 771. The van der Waals surface area contributed by atoms with Crippen molar-refractivity contribution in [3.8, 4) is 0 Å². The van der Waals surface area contributed by atoms with Gasteiger partial charge in [0, 0.05) is 25.6 Å². The number of ether oxygens (including phenoxy) is 1. The first-order valence-corrected chi connectivity index (χ1v) is 10.7. The Morgan fingerprint density at radius 1 is 1.26 bits per heavy atom. The third-order valence-electron chi connectivity index (χ3n) is 7.98. The molecule has 0 amide bonds. The van der Waals surface area contributed by atoms with Crippen LogP contribution in [0.3, 0.4) is 0 Å². The maximum absolute atomic E-state index is 12.8. The molecule has 144 valence electrons. The summed E-state index contributed by atoms with van der Waals surface area (Å²) in [7, 11) is 0. The molecule has 1 saturated heterocycles. The lowest BCUT2D eigenvalue weighted by Crippen LogP contribution is -2.46. The van der Waals surface area contributed by atoms with Gasteiger partial charge in [-0.2, -0.15) is 0 Å². The van der Waals surface area contributed by atoms with E-state index in [4.69, 9.17) is 4.74 Å². The molecule has 5 atom stereocenters. The summed E-state index contributed by atoms with van der Waals surface area (Å²) in [4.78, 5) is 15.3. The van der Waals surface area contributed by atoms with Gasteiger partial charge in [-0.3, -0.25) is 9.69 Å². The number of fused-ring (bicyclic) bond motifs is 3. The molecule has 3 heteroatoms. The van der Waals surface area contributed by atoms with Gasteiger partial charge in [0.1, 0.15) is 6.10 Å². The molecule has 2 saturated carbocycles. The molecule has 2 aliphatic carbocycles. The fourth-order valence-corrected chi connectivity index (χ4v) is 6.45. The van der Waals surface area contributed by atoms with Crippen molar-refractivity contribution in [2.24, 2.45) is 23.2 Å². The normalized spacial score (nSPS) is 38.7. The van der Waals surface area contributed by atoms with Crippen molar-refractivity contribution >= 4 is 5.97 Å². The second-order valence-electron chi connectivity index (χ2n) is 9.66. The van der Waals surface area contributed by atoms with Crippen LogP contribution in [0.2, 0.25) is 0 Å². The SMILES string of the molecule is C=C1CCC[C@]2(C)C[C@H]3OC(=O)[C@H](CN4CCc5ccccc5C4)[C@@H]3C[C@@H]12. The molecule has 2 aliphatic heterocycles. The van der Waals surface area contributed by atoms with Crippen LogP contribution in [0.5, 0.6) is 0 Å². The minimum Gasteiger partial charge on any atom is -0.462 e. The van der Waals surface area contributed by atoms with E-state index in [1.165, 1.54) is 36.0 Å². The quantitative estimate of drug-likeness (QED) is 0.576. The lowest BCUT2D eigenvalue weighted by Gasteiger charge is -2.50. The van der Waals surface area contributed by atoms with Crippen LogP contribution in [0.4, 0.5) is 0 Å². The Hall–Kier alpha value is -1.61. The van der Waals surface area contributed by atoms with Gasteiger partial charge >= 0.3 is 5.97 Å². The molecule has 0 unspecified atom stereocenters. The number of rotatable bonds is 2. The summed E-state index contributed by atoms with van der Waals surface area (Å²) in [5, 5.41) is 0. The highest BCUT2D eigenvalue weighted by Gasteiger charge is 2.55. The summed E-state index contributed by atoms with van der Waals surface area (Å²) in [6.45, 7) is 9.67. The summed E-state index contributed by atoms with van der Waals surface area (Å²) < 4.78 is 5.94. The van der Waals surface area contributed by atoms with Crippen LogP contribution in [0.1, 0.15) is 50.2 Å². The summed E-state index contributed by atoms with van der Waals surface area (Å²) in [5.41, 5.74) is 4.60. The molecular weight excluding hydrogens is 334 g/mol. The van der Waals surface area contributed by atoms with Gasteiger partial charge < -0.3 is 4.74 Å². The molecule has 0 N–H and O–H groups in total. The highest BCUT2D eigenvalue weighted by Crippen LogP contribution is 2.57. The first kappa shape index (κ1) is 17.5. The standard InChI is InChI=1S/C24H31NO2/c1-16-6-5-10-24(2)13-22-19(12-21(16)24)20(23(26)27-22)15-25-11-9-17-7-3-4-8-18(17)14-25/h3-4,7-8,19-22H,1,5-6,9-15H2,2H3/t19-,20+,21-,22+,24+/m0/s1. The number of hydrogen-bond donors (Lipinski definition) is 0. The lowest BCUT2D eigenvalue weighted by atomic mass is 9.55. The third kappa shape index (κ3) is 2.95. The Balaban J connectivity index is 1.32. The highest BCUT2D eigenvalue weighted by molar-refractivity contribution is 5.75. The van der Waals surface area contributed by atoms with Crippen molar-refractivity contribution < 1.29 is 9.53 Å². The van der Waals surface area contributed by atoms with Gasteiger partial charge in [-0.05, 0) is 61.0 Å². The maximum Gasteiger partial charge on any atom is 0.310 e. The van der Waals surface area contributed by atoms with E-state index in [9.17, 15) is 4.79 Å². The van der Waals surface area contributed by atoms with Gasteiger partial charge in [0.25, 0.3) is 0 Å². The number of hydrogen-bond acceptors (Lipinski definition) is 3. The Kier molecular flexibility index (Phi) is 4.19. The fourth-order valence-electron chi connectivity index (χ4n) is 6.45. The van der Waals surface area contributed by atoms with Gasteiger partial charge in [0.2, 0.25) is 0 Å². The summed E-state index contributed by atoms with van der Waals surface area (Å²) >= 11 is 0. The van der Waals surface area contributed by atoms with E-state index in [1.54, 1.807) is 0 Å². The van der Waals surface area contributed by atoms with Crippen LogP contribution in [-0.4, -0.2) is 30.1 Å². The Labute approximate surface area is 162 Å². The Morgan fingerprint density at radius 3 is 2.93 bits per heavy atom. The molecule has 4 aliphatic rings. The second kappa shape index (κ2) is 6.48. The predicted molar refractivity (Wildman–Crippen MR) is 106 cm³/mol. The molecule has 27 heavy (non-hydrogen) atoms. The van der Waals surface area contributed by atoms with Gasteiger partial charge in [-0.15, -0.1) is 0 Å². The van der Waals surface area contributed by atoms with E-state index in [-0.39, 0.29) is 23.4 Å². The number of benzene rings is 1. The predicted octanol–water partition coefficient (Wildman–Crippen LogP) is 4.36. The molecular formula is C24H31NO2. The Morgan fingerprint density at radius 2 is 2.07 bits per heavy atom. The minimum atomic E-state index is 0.0412. The zero-order valence-electron chi connectivity index (χ0n) is 16.5. The van der Waals surface area contributed by atoms with Crippen LogP contribution >= 0.6 is 0 Å². The topological polar surface area (TPSA) is 29.5 Å². The number of esters is 1. The average molecular weight is 366 g/mol. The van der Waals surface area contributed by atoms with Gasteiger partial charge in [-0.25, -0.2) is 0 Å². The van der Waals surface area contributed by atoms with E-state index in [1.807, 2.05) is 0 Å². The summed E-state index contributed by atoms with van der Waals surface area (Å²) in [5.74, 6) is 1.05. The van der Waals surface area contributed by atoms with Crippen molar-refractivity contribution in [1.29, 1.82) is 0 Å². The third-order valence-corrected chi connectivity index (χ3v) is 7.98. The molecule has 2 heterocycles. The molecule has 5 rings (SSSR count). The van der Waals surface area contributed by atoms with Crippen LogP contribution < -0.4 is 0 Å². The molecule has 0 spiro atoms. The average Bonchev–Trinajstić information content (AvgIpc) is 2.94. The highest BCUT2D eigenvalue weighted by atomic mass is 16.6. The molecule has 0 aromatic heterocycles. The number of nitrogens with zero attached hydrogens (tertiary/aromatic N) is 1. The molecule has 1 aromatic carbocycles. The van der Waals surface area contributed by atoms with Crippen LogP contribution in [0.15, 0.2) is 36.4 Å². The van der Waals surface area contributed by atoms with Crippen molar-refractivity contribution in [3.63, 3.8) is 0 Å². The minimum absolute atomic E-state index is 0.0412. The van der Waals surface area contributed by atoms with Gasteiger partial charge in [0.15, 0.2) is 0 Å². The van der Waals surface area contributed by atoms with Gasteiger partial charge in [-0.1, -0.05) is 43.3 Å². The van der Waals surface area contributed by atoms with Crippen molar-refractivity contribution in [2.45, 2.75) is 58.1 Å². The zero-order valence-corrected chi connectivity index (χ0v) is 16.5. The lowest BCUT2D eigenvalue weighted by molar-refractivity contribution is -0.146. The molecule has 3 nitrogen and oxygen atoms in total. The number of carbonyl (C=O) groups excluding carboxylic acids is 1. The van der Waals surface area contributed by atoms with Crippen LogP contribution in [0, 0.1) is 23.2 Å². The molecule has 1 aromatic rings. The van der Waals surface area contributed by atoms with Crippen molar-refractivity contribution in [1.82, 2.24) is 4.90 Å². The van der Waals surface area contributed by atoms with Crippen LogP contribution in [-0.2, 0) is 22.5 Å². The summed E-state index contributed by atoms with van der Waals surface area (Å²) in [6.07, 6.45) is 7.02. The largest absolute Gasteiger partial charge is 0.462 e. The van der Waals surface area contributed by atoms with E-state index in [2.05, 4.69) is 42.7 Å². The molecule has 3 fully saturated rings. The fraction of sp³-hybridized carbons (Fsp3) is 0.625. The second-order valence-corrected chi connectivity index (χ2v) is 9.66. The first-order valence-electron chi connectivity index (χ1n) is 10.7. The van der Waals surface area contributed by atoms with Crippen LogP contribution in [0.25, 0.3) is 0 Å². The summed E-state index contributed by atoms with van der Waals surface area (Å²) in [6, 6.07) is 8.72. The van der Waals surface area contributed by atoms with Gasteiger partial charge in [0.05, 0.1) is 5.92 Å². The first-order chi connectivity index (χ1) is 13.0. The van der Waals surface area contributed by atoms with Crippen molar-refractivity contribution in [3.05, 3.63) is 47.5 Å². The maximum atomic E-state index is 12.8.